The van der Waals surface area contributed by atoms with E-state index < -0.39 is 23.2 Å². The van der Waals surface area contributed by atoms with Crippen LogP contribution in [0.25, 0.3) is 0 Å². The molecule has 36 heavy (non-hydrogen) atoms. The van der Waals surface area contributed by atoms with E-state index in [-0.39, 0.29) is 24.8 Å². The summed E-state index contributed by atoms with van der Waals surface area (Å²) in [7, 11) is 0. The quantitative estimate of drug-likeness (QED) is 0.332. The van der Waals surface area contributed by atoms with Gasteiger partial charge in [0.2, 0.25) is 5.62 Å². The maximum absolute atomic E-state index is 13.5. The van der Waals surface area contributed by atoms with Crippen LogP contribution in [-0.2, 0) is 17.9 Å². The zero-order valence-electron chi connectivity index (χ0n) is 20.3. The highest BCUT2D eigenvalue weighted by Crippen LogP contribution is 2.29. The molecular formula is C24H27BrN6O5. The Balaban J connectivity index is 2.23. The Kier molecular flexibility index (Phi) is 8.41. The van der Waals surface area contributed by atoms with Gasteiger partial charge in [0.1, 0.15) is 5.75 Å². The summed E-state index contributed by atoms with van der Waals surface area (Å²) in [6.45, 7) is 6.84. The second-order valence-corrected chi connectivity index (χ2v) is 9.50. The summed E-state index contributed by atoms with van der Waals surface area (Å²) < 4.78 is 9.14. The average Bonchev–Trinajstić information content (AvgIpc) is 2.84. The molecule has 0 aliphatic rings. The van der Waals surface area contributed by atoms with Crippen LogP contribution in [-0.4, -0.2) is 25.8 Å². The molecule has 0 saturated heterocycles. The van der Waals surface area contributed by atoms with Crippen molar-refractivity contribution in [2.24, 2.45) is 16.1 Å². The second-order valence-electron chi connectivity index (χ2n) is 8.64. The van der Waals surface area contributed by atoms with Crippen LogP contribution < -0.4 is 27.6 Å². The summed E-state index contributed by atoms with van der Waals surface area (Å²) in [5, 5.41) is 2.39. The van der Waals surface area contributed by atoms with Crippen LogP contribution >= 0.6 is 15.9 Å². The highest BCUT2D eigenvalue weighted by Gasteiger charge is 2.20. The van der Waals surface area contributed by atoms with Gasteiger partial charge in [-0.05, 0) is 60.5 Å². The van der Waals surface area contributed by atoms with Gasteiger partial charge < -0.3 is 10.6 Å². The minimum absolute atomic E-state index is 0.0359. The number of carbonyl (C=O) groups excluding carboxylic acids is 1. The van der Waals surface area contributed by atoms with Gasteiger partial charge in [0.25, 0.3) is 5.91 Å². The zero-order chi connectivity index (χ0) is 26.6. The minimum atomic E-state index is -0.993. The molecule has 1 aromatic heterocycles. The van der Waals surface area contributed by atoms with Crippen LogP contribution in [0.3, 0.4) is 0 Å². The summed E-state index contributed by atoms with van der Waals surface area (Å²) in [5.41, 5.74) is 0.509. The molecule has 0 spiro atoms. The van der Waals surface area contributed by atoms with E-state index in [0.717, 1.165) is 20.4 Å². The smallest absolute Gasteiger partial charge is 0.353 e. The van der Waals surface area contributed by atoms with Crippen molar-refractivity contribution >= 4 is 27.5 Å². The molecule has 12 heteroatoms. The van der Waals surface area contributed by atoms with Gasteiger partial charge in [0.15, 0.2) is 0 Å². The first-order valence-corrected chi connectivity index (χ1v) is 12.0. The zero-order valence-corrected chi connectivity index (χ0v) is 21.9. The number of aryl methyl sites for hydroxylation is 1. The number of benzene rings is 2. The standard InChI is InChI=1S/C24H27BrN6O5/c1-14(2)36-20-10-9-18(11-19(20)25)27-22-29(13-17-7-5-15(3)6-8-17)23(33)30(24(34)31(22)26)12-16(4)21(32)28-35/h5-11,14,16H,12-13,26H2,1-4H3/b27-22-/t16-/m0/s1. The molecule has 0 radical (unpaired) electrons. The number of ether oxygens (including phenoxy) is 1. The third kappa shape index (κ3) is 6.06. The van der Waals surface area contributed by atoms with Crippen LogP contribution in [0.15, 0.2) is 66.7 Å². The fourth-order valence-electron chi connectivity index (χ4n) is 3.41. The van der Waals surface area contributed by atoms with E-state index in [1.165, 1.54) is 11.5 Å². The average molecular weight is 559 g/mol. The van der Waals surface area contributed by atoms with Crippen molar-refractivity contribution in [3.63, 3.8) is 0 Å². The molecule has 0 unspecified atom stereocenters. The Morgan fingerprint density at radius 2 is 1.72 bits per heavy atom. The molecule has 3 aromatic rings. The molecule has 2 aromatic carbocycles. The topological polar surface area (TPSA) is 143 Å². The van der Waals surface area contributed by atoms with Gasteiger partial charge in [0, 0.05) is 11.7 Å². The van der Waals surface area contributed by atoms with Crippen molar-refractivity contribution in [2.45, 2.75) is 46.9 Å². The molecule has 3 rings (SSSR count). The third-order valence-electron chi connectivity index (χ3n) is 5.29. The van der Waals surface area contributed by atoms with Crippen LogP contribution in [0.5, 0.6) is 5.75 Å². The first-order valence-electron chi connectivity index (χ1n) is 11.2. The maximum Gasteiger partial charge on any atom is 0.353 e. The Labute approximate surface area is 214 Å². The van der Waals surface area contributed by atoms with E-state index in [1.807, 2.05) is 45.0 Å². The Bertz CT molecular complexity index is 1470. The number of nitrogens with two attached hydrogens (primary N) is 1. The number of hydrogen-bond donors (Lipinski definition) is 1. The summed E-state index contributed by atoms with van der Waals surface area (Å²) in [4.78, 5) is 53.3. The number of nitroso groups, excluding NO2 is 1. The lowest BCUT2D eigenvalue weighted by Gasteiger charge is -2.15. The molecule has 1 amide bonds. The molecule has 0 saturated carbocycles. The Morgan fingerprint density at radius 3 is 2.31 bits per heavy atom. The molecule has 2 N–H and O–H groups in total. The van der Waals surface area contributed by atoms with Crippen molar-refractivity contribution in [1.82, 2.24) is 13.8 Å². The number of halogens is 1. The lowest BCUT2D eigenvalue weighted by molar-refractivity contribution is -0.121. The molecule has 1 atom stereocenters. The van der Waals surface area contributed by atoms with Gasteiger partial charge in [-0.3, -0.25) is 9.36 Å². The SMILES string of the molecule is Cc1ccc(Cn2c(=O)n(C[C@H](C)C(=O)N=O)c(=O)n(N)/c2=N\c2ccc(OC(C)C)c(Br)c2)cc1. The first kappa shape index (κ1) is 26.8. The number of hydrogen-bond acceptors (Lipinski definition) is 7. The fourth-order valence-corrected chi connectivity index (χ4v) is 3.87. The molecule has 0 aliphatic carbocycles. The number of aromatic nitrogens is 3. The van der Waals surface area contributed by atoms with Gasteiger partial charge in [0.05, 0.1) is 28.7 Å². The summed E-state index contributed by atoms with van der Waals surface area (Å²) in [5.74, 6) is 4.76. The molecule has 0 bridgehead atoms. The van der Waals surface area contributed by atoms with Gasteiger partial charge in [-0.25, -0.2) is 19.1 Å². The van der Waals surface area contributed by atoms with Gasteiger partial charge in [-0.15, -0.1) is 4.91 Å². The normalized spacial score (nSPS) is 12.6. The predicted molar refractivity (Wildman–Crippen MR) is 138 cm³/mol. The van der Waals surface area contributed by atoms with Crippen molar-refractivity contribution < 1.29 is 9.53 Å². The van der Waals surface area contributed by atoms with E-state index >= 15 is 0 Å². The van der Waals surface area contributed by atoms with Crippen molar-refractivity contribution in [1.29, 1.82) is 0 Å². The lowest BCUT2D eigenvalue weighted by Crippen LogP contribution is -2.58. The number of rotatable bonds is 8. The van der Waals surface area contributed by atoms with Crippen molar-refractivity contribution in [2.75, 3.05) is 5.84 Å². The predicted octanol–water partition coefficient (Wildman–Crippen LogP) is 2.59. The van der Waals surface area contributed by atoms with E-state index in [9.17, 15) is 19.3 Å². The van der Waals surface area contributed by atoms with E-state index in [2.05, 4.69) is 26.1 Å². The number of nitrogens with zero attached hydrogens (tertiary/aromatic N) is 5. The highest BCUT2D eigenvalue weighted by atomic mass is 79.9. The highest BCUT2D eigenvalue weighted by molar-refractivity contribution is 9.10. The van der Waals surface area contributed by atoms with Crippen LogP contribution in [0.4, 0.5) is 5.69 Å². The lowest BCUT2D eigenvalue weighted by atomic mass is 10.1. The van der Waals surface area contributed by atoms with Crippen molar-refractivity contribution in [3.05, 3.63) is 89.6 Å². The van der Waals surface area contributed by atoms with Gasteiger partial charge >= 0.3 is 11.4 Å². The second kappa shape index (κ2) is 11.3. The monoisotopic (exact) mass is 558 g/mol. The summed E-state index contributed by atoms with van der Waals surface area (Å²) >= 11 is 3.45. The van der Waals surface area contributed by atoms with Gasteiger partial charge in [-0.2, -0.15) is 4.68 Å². The Hall–Kier alpha value is -3.80. The third-order valence-corrected chi connectivity index (χ3v) is 5.91. The van der Waals surface area contributed by atoms with Crippen LogP contribution in [0.2, 0.25) is 0 Å². The molecular weight excluding hydrogens is 532 g/mol. The van der Waals surface area contributed by atoms with Crippen LogP contribution in [0.1, 0.15) is 31.9 Å². The number of carbonyl (C=O) groups is 1. The van der Waals surface area contributed by atoms with Gasteiger partial charge in [-0.1, -0.05) is 36.8 Å². The van der Waals surface area contributed by atoms with Crippen molar-refractivity contribution in [3.8, 4) is 5.75 Å². The molecule has 0 aliphatic heterocycles. The van der Waals surface area contributed by atoms with E-state index in [1.54, 1.807) is 18.2 Å². The minimum Gasteiger partial charge on any atom is -0.490 e. The maximum atomic E-state index is 13.5. The van der Waals surface area contributed by atoms with Crippen LogP contribution in [0, 0.1) is 17.7 Å². The summed E-state index contributed by atoms with van der Waals surface area (Å²) in [6, 6.07) is 12.5. The Morgan fingerprint density at radius 1 is 1.06 bits per heavy atom. The largest absolute Gasteiger partial charge is 0.490 e. The molecule has 11 nitrogen and oxygen atoms in total. The number of nitrogen functional groups attached to an aromatic ring is 1. The number of amides is 1. The molecule has 190 valence electrons. The fraction of sp³-hybridized carbons (Fsp3) is 0.333. The van der Waals surface area contributed by atoms with E-state index in [0.29, 0.717) is 15.9 Å². The first-order chi connectivity index (χ1) is 17.0. The summed E-state index contributed by atoms with van der Waals surface area (Å²) in [6.07, 6.45) is -0.0359. The molecule has 0 fully saturated rings. The van der Waals surface area contributed by atoms with E-state index in [4.69, 9.17) is 10.6 Å². The molecule has 1 heterocycles.